The van der Waals surface area contributed by atoms with Crippen LogP contribution in [0, 0.1) is 0 Å². The Morgan fingerprint density at radius 3 is 2.44 bits per heavy atom. The van der Waals surface area contributed by atoms with E-state index in [0.29, 0.717) is 0 Å². The maximum Gasteiger partial charge on any atom is 0.229 e. The molecule has 0 aliphatic heterocycles. The first-order chi connectivity index (χ1) is 4.16. The second-order valence-electron chi connectivity index (χ2n) is 1.50. The number of carbonyl (C=O) groups is 2. The Hall–Kier alpha value is -0.630. The summed E-state index contributed by atoms with van der Waals surface area (Å²) >= 11 is 4.91. The van der Waals surface area contributed by atoms with Gasteiger partial charge in [-0.25, -0.2) is 0 Å². The van der Waals surface area contributed by atoms with Gasteiger partial charge in [-0.3, -0.25) is 9.59 Å². The van der Waals surface area contributed by atoms with Gasteiger partial charge in [0.25, 0.3) is 0 Å². The molecular formula is C6H7ClO2. The third-order valence-electron chi connectivity index (χ3n) is 0.666. The van der Waals surface area contributed by atoms with E-state index in [1.165, 1.54) is 6.08 Å². The minimum absolute atomic E-state index is 0.202. The Morgan fingerprint density at radius 1 is 1.56 bits per heavy atom. The predicted octanol–water partition coefficient (Wildman–Crippen LogP) is 1.29. The number of halogens is 1. The zero-order valence-corrected chi connectivity index (χ0v) is 5.81. The Bertz CT molecular complexity index is 149. The third kappa shape index (κ3) is 5.24. The summed E-state index contributed by atoms with van der Waals surface area (Å²) in [5.41, 5.74) is 0. The molecule has 0 rings (SSSR count). The molecule has 0 fully saturated rings. The maximum atomic E-state index is 10.5. The molecule has 0 saturated heterocycles. The van der Waals surface area contributed by atoms with Gasteiger partial charge in [-0.05, 0) is 24.6 Å². The van der Waals surface area contributed by atoms with E-state index < -0.39 is 5.24 Å². The monoisotopic (exact) mass is 146 g/mol. The van der Waals surface area contributed by atoms with Gasteiger partial charge in [-0.2, -0.15) is 0 Å². The third-order valence-corrected chi connectivity index (χ3v) is 0.799. The van der Waals surface area contributed by atoms with Crippen molar-refractivity contribution in [3.63, 3.8) is 0 Å². The van der Waals surface area contributed by atoms with Crippen LogP contribution < -0.4 is 0 Å². The molecule has 0 aromatic heterocycles. The Kier molecular flexibility index (Phi) is 3.97. The summed E-state index contributed by atoms with van der Waals surface area (Å²) in [6, 6.07) is 0. The van der Waals surface area contributed by atoms with Gasteiger partial charge >= 0.3 is 0 Å². The van der Waals surface area contributed by atoms with Crippen molar-refractivity contribution in [1.82, 2.24) is 0 Å². The maximum absolute atomic E-state index is 10.5. The minimum Gasteiger partial charge on any atom is -0.294 e. The average molecular weight is 147 g/mol. The highest BCUT2D eigenvalue weighted by Crippen LogP contribution is 1.90. The first kappa shape index (κ1) is 8.37. The van der Waals surface area contributed by atoms with Gasteiger partial charge in [-0.1, -0.05) is 6.08 Å². The molecular weight excluding hydrogens is 140 g/mol. The van der Waals surface area contributed by atoms with Crippen molar-refractivity contribution in [2.45, 2.75) is 13.3 Å². The first-order valence-corrected chi connectivity index (χ1v) is 2.88. The second-order valence-corrected chi connectivity index (χ2v) is 1.92. The van der Waals surface area contributed by atoms with Gasteiger partial charge < -0.3 is 0 Å². The van der Waals surface area contributed by atoms with Crippen LogP contribution in [0.5, 0.6) is 0 Å². The molecule has 0 amide bonds. The summed E-state index contributed by atoms with van der Waals surface area (Å²) in [7, 11) is 0. The molecule has 0 aliphatic carbocycles. The molecule has 0 atom stereocenters. The molecule has 0 unspecified atom stereocenters. The van der Waals surface area contributed by atoms with E-state index in [2.05, 4.69) is 0 Å². The van der Waals surface area contributed by atoms with Gasteiger partial charge in [-0.15, -0.1) is 0 Å². The van der Waals surface area contributed by atoms with E-state index in [1.807, 2.05) is 0 Å². The van der Waals surface area contributed by atoms with E-state index in [-0.39, 0.29) is 12.2 Å². The van der Waals surface area contributed by atoms with Crippen LogP contribution in [0.15, 0.2) is 12.2 Å². The van der Waals surface area contributed by atoms with Crippen LogP contribution in [-0.2, 0) is 9.59 Å². The molecule has 0 aliphatic rings. The lowest BCUT2D eigenvalue weighted by Crippen LogP contribution is -1.97. The van der Waals surface area contributed by atoms with Crippen molar-refractivity contribution < 1.29 is 9.59 Å². The summed E-state index contributed by atoms with van der Waals surface area (Å²) in [6.45, 7) is 1.70. The normalized spacial score (nSPS) is 10.0. The zero-order valence-electron chi connectivity index (χ0n) is 5.06. The second kappa shape index (κ2) is 4.27. The van der Waals surface area contributed by atoms with Crippen molar-refractivity contribution in [2.24, 2.45) is 0 Å². The Labute approximate surface area is 58.5 Å². The van der Waals surface area contributed by atoms with Crippen LogP contribution in [0.4, 0.5) is 0 Å². The van der Waals surface area contributed by atoms with Crippen LogP contribution in [0.3, 0.4) is 0 Å². The molecule has 50 valence electrons. The molecule has 2 nitrogen and oxygen atoms in total. The van der Waals surface area contributed by atoms with Crippen LogP contribution in [0.1, 0.15) is 13.3 Å². The van der Waals surface area contributed by atoms with E-state index in [1.54, 1.807) is 13.0 Å². The minimum atomic E-state index is -0.613. The SMILES string of the molecule is CC=CC(=O)CC(=O)Cl. The molecule has 0 spiro atoms. The Morgan fingerprint density at radius 2 is 2.11 bits per heavy atom. The fraction of sp³-hybridized carbons (Fsp3) is 0.333. The van der Waals surface area contributed by atoms with Crippen LogP contribution in [0.25, 0.3) is 0 Å². The largest absolute Gasteiger partial charge is 0.294 e. The predicted molar refractivity (Wildman–Crippen MR) is 35.3 cm³/mol. The molecule has 0 saturated carbocycles. The smallest absolute Gasteiger partial charge is 0.229 e. The molecule has 0 bridgehead atoms. The van der Waals surface area contributed by atoms with Gasteiger partial charge in [0.15, 0.2) is 5.78 Å². The highest BCUT2D eigenvalue weighted by atomic mass is 35.5. The summed E-state index contributed by atoms with van der Waals surface area (Å²) in [4.78, 5) is 20.5. The summed E-state index contributed by atoms with van der Waals surface area (Å²) < 4.78 is 0. The topological polar surface area (TPSA) is 34.1 Å². The fourth-order valence-electron chi connectivity index (χ4n) is 0.382. The average Bonchev–Trinajstić information content (AvgIpc) is 1.63. The number of hydrogen-bond acceptors (Lipinski definition) is 2. The molecule has 9 heavy (non-hydrogen) atoms. The van der Waals surface area contributed by atoms with Crippen LogP contribution in [-0.4, -0.2) is 11.0 Å². The van der Waals surface area contributed by atoms with Crippen molar-refractivity contribution in [2.75, 3.05) is 0 Å². The van der Waals surface area contributed by atoms with Crippen molar-refractivity contribution in [3.05, 3.63) is 12.2 Å². The van der Waals surface area contributed by atoms with E-state index >= 15 is 0 Å². The van der Waals surface area contributed by atoms with Crippen molar-refractivity contribution in [3.8, 4) is 0 Å². The van der Waals surface area contributed by atoms with Crippen LogP contribution in [0.2, 0.25) is 0 Å². The van der Waals surface area contributed by atoms with Gasteiger partial charge in [0.2, 0.25) is 5.24 Å². The highest BCUT2D eigenvalue weighted by molar-refractivity contribution is 6.65. The van der Waals surface area contributed by atoms with Gasteiger partial charge in [0.05, 0.1) is 6.42 Å². The van der Waals surface area contributed by atoms with E-state index in [9.17, 15) is 9.59 Å². The van der Waals surface area contributed by atoms with Crippen LogP contribution >= 0.6 is 11.6 Å². The number of hydrogen-bond donors (Lipinski definition) is 0. The van der Waals surface area contributed by atoms with Crippen molar-refractivity contribution in [1.29, 1.82) is 0 Å². The standard InChI is InChI=1S/C6H7ClO2/c1-2-3-5(8)4-6(7)9/h2-3H,4H2,1H3. The molecule has 0 aromatic carbocycles. The summed E-state index contributed by atoms with van der Waals surface area (Å²) in [5, 5.41) is -0.613. The summed E-state index contributed by atoms with van der Waals surface area (Å²) in [6.07, 6.45) is 2.69. The highest BCUT2D eigenvalue weighted by Gasteiger charge is 2.00. The van der Waals surface area contributed by atoms with Crippen molar-refractivity contribution >= 4 is 22.6 Å². The Balaban J connectivity index is 3.64. The van der Waals surface area contributed by atoms with E-state index in [4.69, 9.17) is 11.6 Å². The van der Waals surface area contributed by atoms with E-state index in [0.717, 1.165) is 0 Å². The number of ketones is 1. The number of carbonyl (C=O) groups excluding carboxylic acids is 2. The number of rotatable bonds is 3. The quantitative estimate of drug-likeness (QED) is 0.342. The molecule has 3 heteroatoms. The zero-order chi connectivity index (χ0) is 7.28. The lowest BCUT2D eigenvalue weighted by Gasteiger charge is -1.83. The fourth-order valence-corrected chi connectivity index (χ4v) is 0.514. The van der Waals surface area contributed by atoms with Gasteiger partial charge in [0.1, 0.15) is 0 Å². The molecule has 0 N–H and O–H groups in total. The first-order valence-electron chi connectivity index (χ1n) is 2.50. The lowest BCUT2D eigenvalue weighted by molar-refractivity contribution is -0.120. The summed E-state index contributed by atoms with van der Waals surface area (Å²) in [5.74, 6) is -0.252. The van der Waals surface area contributed by atoms with Gasteiger partial charge in [0, 0.05) is 0 Å². The molecule has 0 heterocycles. The molecule has 0 aromatic rings. The molecule has 0 radical (unpaired) electrons. The number of allylic oxidation sites excluding steroid dienone is 2. The lowest BCUT2D eigenvalue weighted by atomic mass is 10.3.